The van der Waals surface area contributed by atoms with Crippen LogP contribution in [0.4, 0.5) is 4.79 Å². The predicted molar refractivity (Wildman–Crippen MR) is 84.5 cm³/mol. The number of ketones is 1. The van der Waals surface area contributed by atoms with Crippen molar-refractivity contribution >= 4 is 29.0 Å². The Morgan fingerprint density at radius 1 is 1.41 bits per heavy atom. The van der Waals surface area contributed by atoms with Crippen LogP contribution >= 0.6 is 11.3 Å². The number of nitrogens with zero attached hydrogens (tertiary/aromatic N) is 1. The van der Waals surface area contributed by atoms with E-state index in [1.165, 1.54) is 0 Å². The number of amidine groups is 1. The molecule has 1 rings (SSSR count). The first kappa shape index (κ1) is 18.1. The molecule has 122 valence electrons. The number of aliphatic imine (C=N–C) groups is 1. The molecule has 1 heterocycles. The topological polar surface area (TPSA) is 100 Å². The van der Waals surface area contributed by atoms with Gasteiger partial charge in [-0.1, -0.05) is 6.07 Å². The fraction of sp³-hybridized carbons (Fsp3) is 0.500. The zero-order valence-electron chi connectivity index (χ0n) is 12.9. The van der Waals surface area contributed by atoms with E-state index in [4.69, 9.17) is 9.94 Å². The maximum absolute atomic E-state index is 11.8. The number of thiophene rings is 1. The SMILES string of the molecule is CC(C)(C)OC(=O)NCC(=O)C(=NCCc1cccs1)NO. The third kappa shape index (κ3) is 7.19. The van der Waals surface area contributed by atoms with Gasteiger partial charge in [-0.15, -0.1) is 11.3 Å². The molecule has 3 N–H and O–H groups in total. The Balaban J connectivity index is 2.41. The summed E-state index contributed by atoms with van der Waals surface area (Å²) in [6, 6.07) is 3.91. The third-order valence-electron chi connectivity index (χ3n) is 2.37. The standard InChI is InChI=1S/C14H21N3O4S/c1-14(2,3)21-13(19)16-9-11(18)12(17-20)15-7-6-10-5-4-8-22-10/h4-5,8,20H,6-7,9H2,1-3H3,(H,15,17)(H,16,19). The van der Waals surface area contributed by atoms with Gasteiger partial charge >= 0.3 is 6.09 Å². The first-order chi connectivity index (χ1) is 10.3. The minimum Gasteiger partial charge on any atom is -0.444 e. The summed E-state index contributed by atoms with van der Waals surface area (Å²) in [6.07, 6.45) is -0.0213. The van der Waals surface area contributed by atoms with E-state index in [-0.39, 0.29) is 12.4 Å². The second kappa shape index (κ2) is 8.50. The van der Waals surface area contributed by atoms with Gasteiger partial charge in [0.2, 0.25) is 5.78 Å². The number of carbonyl (C=O) groups excluding carboxylic acids is 2. The van der Waals surface area contributed by atoms with Crippen molar-refractivity contribution in [2.24, 2.45) is 4.99 Å². The van der Waals surface area contributed by atoms with Crippen LogP contribution in [0, 0.1) is 0 Å². The average molecular weight is 327 g/mol. The lowest BCUT2D eigenvalue weighted by atomic mass is 10.2. The van der Waals surface area contributed by atoms with E-state index in [0.29, 0.717) is 13.0 Å². The number of rotatable bonds is 6. The largest absolute Gasteiger partial charge is 0.444 e. The van der Waals surface area contributed by atoms with Crippen LogP contribution in [0.25, 0.3) is 0 Å². The number of nitrogens with one attached hydrogen (secondary N) is 2. The van der Waals surface area contributed by atoms with Gasteiger partial charge in [0, 0.05) is 17.8 Å². The van der Waals surface area contributed by atoms with Gasteiger partial charge in [-0.05, 0) is 32.2 Å². The Labute approximate surface area is 133 Å². The monoisotopic (exact) mass is 327 g/mol. The number of Topliss-reactive ketones (excluding diaryl/α,β-unsaturated/α-hetero) is 1. The molecule has 0 radical (unpaired) electrons. The Morgan fingerprint density at radius 2 is 2.14 bits per heavy atom. The van der Waals surface area contributed by atoms with Gasteiger partial charge in [0.1, 0.15) is 5.60 Å². The van der Waals surface area contributed by atoms with E-state index in [1.54, 1.807) is 37.6 Å². The Bertz CT molecular complexity index is 521. The number of carbonyl (C=O) groups is 2. The minimum atomic E-state index is -0.697. The molecule has 0 saturated carbocycles. The normalized spacial score (nSPS) is 11.9. The number of hydroxylamine groups is 1. The van der Waals surface area contributed by atoms with Crippen LogP contribution in [0.5, 0.6) is 0 Å². The van der Waals surface area contributed by atoms with Gasteiger partial charge in [-0.3, -0.25) is 15.0 Å². The molecule has 1 aromatic rings. The van der Waals surface area contributed by atoms with Crippen LogP contribution in [0.2, 0.25) is 0 Å². The highest BCUT2D eigenvalue weighted by Gasteiger charge is 2.18. The van der Waals surface area contributed by atoms with Crippen LogP contribution in [0.3, 0.4) is 0 Å². The zero-order chi connectivity index (χ0) is 16.6. The smallest absolute Gasteiger partial charge is 0.408 e. The highest BCUT2D eigenvalue weighted by atomic mass is 32.1. The fourth-order valence-corrected chi connectivity index (χ4v) is 2.17. The molecule has 0 spiro atoms. The van der Waals surface area contributed by atoms with Crippen molar-refractivity contribution in [3.05, 3.63) is 22.4 Å². The van der Waals surface area contributed by atoms with E-state index in [2.05, 4.69) is 10.3 Å². The Kier molecular flexibility index (Phi) is 7.00. The number of amides is 1. The molecule has 0 aliphatic heterocycles. The van der Waals surface area contributed by atoms with Gasteiger partial charge in [0.25, 0.3) is 0 Å². The molecule has 1 amide bonds. The maximum Gasteiger partial charge on any atom is 0.408 e. The van der Waals surface area contributed by atoms with E-state index in [1.807, 2.05) is 17.5 Å². The number of hydrogen-bond donors (Lipinski definition) is 3. The van der Waals surface area contributed by atoms with Gasteiger partial charge in [0.15, 0.2) is 5.84 Å². The second-order valence-corrected chi connectivity index (χ2v) is 6.48. The van der Waals surface area contributed by atoms with Crippen molar-refractivity contribution in [2.45, 2.75) is 32.8 Å². The highest BCUT2D eigenvalue weighted by molar-refractivity contribution is 7.09. The molecule has 0 atom stereocenters. The minimum absolute atomic E-state index is 0.187. The van der Waals surface area contributed by atoms with Crippen molar-refractivity contribution in [1.82, 2.24) is 10.8 Å². The molecule has 0 unspecified atom stereocenters. The van der Waals surface area contributed by atoms with E-state index in [9.17, 15) is 9.59 Å². The van der Waals surface area contributed by atoms with Crippen LogP contribution in [0.1, 0.15) is 25.6 Å². The quantitative estimate of drug-likeness (QED) is 0.420. The molecule has 0 aliphatic rings. The molecule has 22 heavy (non-hydrogen) atoms. The predicted octanol–water partition coefficient (Wildman–Crippen LogP) is 1.76. The van der Waals surface area contributed by atoms with Crippen molar-refractivity contribution in [2.75, 3.05) is 13.1 Å². The first-order valence-electron chi connectivity index (χ1n) is 6.79. The lowest BCUT2D eigenvalue weighted by molar-refractivity contribution is -0.112. The number of hydrogen-bond acceptors (Lipinski definition) is 6. The first-order valence-corrected chi connectivity index (χ1v) is 7.67. The molecule has 0 aromatic carbocycles. The van der Waals surface area contributed by atoms with Crippen molar-refractivity contribution in [3.8, 4) is 0 Å². The second-order valence-electron chi connectivity index (χ2n) is 5.45. The molecular weight excluding hydrogens is 306 g/mol. The van der Waals surface area contributed by atoms with Crippen LogP contribution in [-0.2, 0) is 16.0 Å². The number of alkyl carbamates (subject to hydrolysis) is 1. The third-order valence-corrected chi connectivity index (χ3v) is 3.31. The van der Waals surface area contributed by atoms with Gasteiger partial charge < -0.3 is 10.1 Å². The molecule has 0 aliphatic carbocycles. The molecule has 0 fully saturated rings. The zero-order valence-corrected chi connectivity index (χ0v) is 13.7. The molecule has 1 aromatic heterocycles. The van der Waals surface area contributed by atoms with Gasteiger partial charge in [-0.2, -0.15) is 0 Å². The summed E-state index contributed by atoms with van der Waals surface area (Å²) in [6.45, 7) is 5.23. The van der Waals surface area contributed by atoms with E-state index >= 15 is 0 Å². The lowest BCUT2D eigenvalue weighted by Gasteiger charge is -2.19. The fourth-order valence-electron chi connectivity index (χ4n) is 1.47. The summed E-state index contributed by atoms with van der Waals surface area (Å²) < 4.78 is 5.01. The summed E-state index contributed by atoms with van der Waals surface area (Å²) in [5, 5.41) is 13.2. The van der Waals surface area contributed by atoms with Crippen molar-refractivity contribution in [3.63, 3.8) is 0 Å². The molecule has 7 nitrogen and oxygen atoms in total. The maximum atomic E-state index is 11.8. The summed E-state index contributed by atoms with van der Waals surface area (Å²) in [7, 11) is 0. The number of ether oxygens (including phenoxy) is 1. The van der Waals surface area contributed by atoms with Crippen molar-refractivity contribution < 1.29 is 19.5 Å². The lowest BCUT2D eigenvalue weighted by Crippen LogP contribution is -2.40. The van der Waals surface area contributed by atoms with Gasteiger partial charge in [0.05, 0.1) is 6.54 Å². The summed E-state index contributed by atoms with van der Waals surface area (Å²) in [5.74, 6) is -0.716. The summed E-state index contributed by atoms with van der Waals surface area (Å²) >= 11 is 1.60. The highest BCUT2D eigenvalue weighted by Crippen LogP contribution is 2.09. The Morgan fingerprint density at radius 3 is 2.68 bits per heavy atom. The van der Waals surface area contributed by atoms with Gasteiger partial charge in [-0.25, -0.2) is 10.3 Å². The Hall–Kier alpha value is -1.93. The molecule has 0 saturated heterocycles. The van der Waals surface area contributed by atoms with Crippen molar-refractivity contribution in [1.29, 1.82) is 0 Å². The summed E-state index contributed by atoms with van der Waals surface area (Å²) in [4.78, 5) is 28.4. The average Bonchev–Trinajstić information content (AvgIpc) is 2.92. The van der Waals surface area contributed by atoms with E-state index < -0.39 is 17.5 Å². The van der Waals surface area contributed by atoms with E-state index in [0.717, 1.165) is 4.88 Å². The van der Waals surface area contributed by atoms with Crippen LogP contribution < -0.4 is 10.8 Å². The van der Waals surface area contributed by atoms with Crippen LogP contribution in [-0.4, -0.2) is 41.6 Å². The molecular formula is C14H21N3O4S. The summed E-state index contributed by atoms with van der Waals surface area (Å²) in [5.41, 5.74) is 1.13. The van der Waals surface area contributed by atoms with Crippen LogP contribution in [0.15, 0.2) is 22.5 Å². The molecule has 8 heteroatoms. The molecule has 0 bridgehead atoms.